The van der Waals surface area contributed by atoms with E-state index in [0.717, 1.165) is 26.3 Å². The first kappa shape index (κ1) is 12.9. The van der Waals surface area contributed by atoms with Crippen molar-refractivity contribution >= 4 is 0 Å². The summed E-state index contributed by atoms with van der Waals surface area (Å²) in [4.78, 5) is 2.35. The number of hydrogen-bond acceptors (Lipinski definition) is 3. The molecule has 0 saturated heterocycles. The molecule has 0 aliphatic carbocycles. The zero-order chi connectivity index (χ0) is 10.3. The summed E-state index contributed by atoms with van der Waals surface area (Å²) >= 11 is 0. The van der Waals surface area contributed by atoms with E-state index in [1.807, 2.05) is 6.92 Å². The number of rotatable bonds is 7. The molecule has 0 amide bonds. The van der Waals surface area contributed by atoms with Crippen molar-refractivity contribution in [2.45, 2.75) is 33.2 Å². The molecule has 80 valence electrons. The molecule has 0 aromatic carbocycles. The molecule has 0 fully saturated rings. The zero-order valence-corrected chi connectivity index (χ0v) is 9.47. The monoisotopic (exact) mass is 188 g/mol. The van der Waals surface area contributed by atoms with Gasteiger partial charge in [-0.25, -0.2) is 0 Å². The van der Waals surface area contributed by atoms with Gasteiger partial charge in [0.25, 0.3) is 0 Å². The number of hydrogen-bond donors (Lipinski definition) is 1. The Bertz CT molecular complexity index is 126. The summed E-state index contributed by atoms with van der Waals surface area (Å²) < 4.78 is 5.32. The van der Waals surface area contributed by atoms with Gasteiger partial charge in [0.2, 0.25) is 0 Å². The third-order valence-corrected chi connectivity index (χ3v) is 2.45. The third-order valence-electron chi connectivity index (χ3n) is 2.45. The van der Waals surface area contributed by atoms with Gasteiger partial charge in [0.15, 0.2) is 0 Å². The van der Waals surface area contributed by atoms with Crippen molar-refractivity contribution in [2.75, 3.05) is 32.8 Å². The highest BCUT2D eigenvalue weighted by atomic mass is 16.5. The number of ether oxygens (including phenoxy) is 1. The molecule has 0 atom stereocenters. The first-order chi connectivity index (χ1) is 6.08. The molecule has 0 heterocycles. The van der Waals surface area contributed by atoms with E-state index in [2.05, 4.69) is 25.7 Å². The van der Waals surface area contributed by atoms with Gasteiger partial charge in [-0.3, -0.25) is 4.90 Å². The SMILES string of the molecule is CCOCCN(CC)C(C)(C)CN. The average molecular weight is 188 g/mol. The average Bonchev–Trinajstić information content (AvgIpc) is 2.12. The van der Waals surface area contributed by atoms with Gasteiger partial charge >= 0.3 is 0 Å². The van der Waals surface area contributed by atoms with Gasteiger partial charge in [-0.1, -0.05) is 6.92 Å². The maximum absolute atomic E-state index is 5.70. The van der Waals surface area contributed by atoms with Crippen LogP contribution in [-0.4, -0.2) is 43.3 Å². The van der Waals surface area contributed by atoms with Crippen molar-refractivity contribution < 1.29 is 4.74 Å². The topological polar surface area (TPSA) is 38.5 Å². The predicted molar refractivity (Wildman–Crippen MR) is 56.9 cm³/mol. The molecule has 0 saturated carbocycles. The van der Waals surface area contributed by atoms with E-state index < -0.39 is 0 Å². The van der Waals surface area contributed by atoms with Crippen LogP contribution in [0.5, 0.6) is 0 Å². The van der Waals surface area contributed by atoms with Gasteiger partial charge in [0, 0.05) is 25.2 Å². The van der Waals surface area contributed by atoms with Crippen LogP contribution in [-0.2, 0) is 4.74 Å². The molecule has 0 spiro atoms. The van der Waals surface area contributed by atoms with E-state index in [4.69, 9.17) is 10.5 Å². The van der Waals surface area contributed by atoms with Gasteiger partial charge in [-0.15, -0.1) is 0 Å². The van der Waals surface area contributed by atoms with Crippen LogP contribution in [0.3, 0.4) is 0 Å². The third kappa shape index (κ3) is 4.60. The summed E-state index contributed by atoms with van der Waals surface area (Å²) in [7, 11) is 0. The molecular formula is C10H24N2O. The quantitative estimate of drug-likeness (QED) is 0.608. The van der Waals surface area contributed by atoms with Crippen LogP contribution in [0.15, 0.2) is 0 Å². The second-order valence-corrected chi connectivity index (χ2v) is 3.79. The van der Waals surface area contributed by atoms with Gasteiger partial charge in [-0.05, 0) is 27.3 Å². The lowest BCUT2D eigenvalue weighted by molar-refractivity contribution is 0.0694. The van der Waals surface area contributed by atoms with Crippen LogP contribution < -0.4 is 5.73 Å². The molecule has 13 heavy (non-hydrogen) atoms. The Morgan fingerprint density at radius 2 is 1.92 bits per heavy atom. The first-order valence-corrected chi connectivity index (χ1v) is 5.11. The Morgan fingerprint density at radius 1 is 1.31 bits per heavy atom. The molecule has 3 nitrogen and oxygen atoms in total. The molecule has 2 N–H and O–H groups in total. The molecule has 0 aromatic heterocycles. The Balaban J connectivity index is 3.87. The second-order valence-electron chi connectivity index (χ2n) is 3.79. The Morgan fingerprint density at radius 3 is 2.31 bits per heavy atom. The minimum absolute atomic E-state index is 0.0891. The van der Waals surface area contributed by atoms with Crippen molar-refractivity contribution in [1.82, 2.24) is 4.90 Å². The Kier molecular flexibility index (Phi) is 6.29. The fraction of sp³-hybridized carbons (Fsp3) is 1.00. The first-order valence-electron chi connectivity index (χ1n) is 5.11. The maximum atomic E-state index is 5.70. The minimum atomic E-state index is 0.0891. The van der Waals surface area contributed by atoms with Crippen molar-refractivity contribution in [3.8, 4) is 0 Å². The summed E-state index contributed by atoms with van der Waals surface area (Å²) in [5, 5.41) is 0. The van der Waals surface area contributed by atoms with Crippen LogP contribution in [0, 0.1) is 0 Å². The lowest BCUT2D eigenvalue weighted by Gasteiger charge is -2.36. The van der Waals surface area contributed by atoms with Gasteiger partial charge in [-0.2, -0.15) is 0 Å². The fourth-order valence-corrected chi connectivity index (χ4v) is 1.34. The second kappa shape index (κ2) is 6.35. The van der Waals surface area contributed by atoms with Crippen LogP contribution in [0.2, 0.25) is 0 Å². The van der Waals surface area contributed by atoms with Crippen LogP contribution >= 0.6 is 0 Å². The highest BCUT2D eigenvalue weighted by Crippen LogP contribution is 2.11. The molecule has 0 bridgehead atoms. The fourth-order valence-electron chi connectivity index (χ4n) is 1.34. The summed E-state index contributed by atoms with van der Waals surface area (Å²) in [6.07, 6.45) is 0. The standard InChI is InChI=1S/C10H24N2O/c1-5-12(7-8-13-6-2)10(3,4)9-11/h5-9,11H2,1-4H3. The highest BCUT2D eigenvalue weighted by Gasteiger charge is 2.22. The number of likely N-dealkylation sites (N-methyl/N-ethyl adjacent to an activating group) is 1. The van der Waals surface area contributed by atoms with Gasteiger partial charge < -0.3 is 10.5 Å². The molecule has 0 aromatic rings. The number of nitrogens with zero attached hydrogens (tertiary/aromatic N) is 1. The smallest absolute Gasteiger partial charge is 0.0593 e. The normalized spacial score (nSPS) is 12.5. The van der Waals surface area contributed by atoms with Crippen molar-refractivity contribution in [1.29, 1.82) is 0 Å². The minimum Gasteiger partial charge on any atom is -0.380 e. The van der Waals surface area contributed by atoms with Gasteiger partial charge in [0.1, 0.15) is 0 Å². The van der Waals surface area contributed by atoms with Crippen LogP contribution in [0.1, 0.15) is 27.7 Å². The molecule has 0 radical (unpaired) electrons. The predicted octanol–water partition coefficient (Wildman–Crippen LogP) is 1.08. The Labute approximate surface area is 82.2 Å². The molecule has 0 unspecified atom stereocenters. The summed E-state index contributed by atoms with van der Waals surface area (Å²) in [6, 6.07) is 0. The highest BCUT2D eigenvalue weighted by molar-refractivity contribution is 4.81. The molecule has 0 rings (SSSR count). The van der Waals surface area contributed by atoms with E-state index in [-0.39, 0.29) is 5.54 Å². The van der Waals surface area contributed by atoms with E-state index in [0.29, 0.717) is 6.54 Å². The largest absolute Gasteiger partial charge is 0.380 e. The van der Waals surface area contributed by atoms with E-state index in [1.165, 1.54) is 0 Å². The number of nitrogens with two attached hydrogens (primary N) is 1. The van der Waals surface area contributed by atoms with Crippen molar-refractivity contribution in [3.05, 3.63) is 0 Å². The summed E-state index contributed by atoms with van der Waals surface area (Å²) in [5.41, 5.74) is 5.79. The lowest BCUT2D eigenvalue weighted by atomic mass is 10.0. The van der Waals surface area contributed by atoms with Crippen LogP contribution in [0.25, 0.3) is 0 Å². The van der Waals surface area contributed by atoms with E-state index >= 15 is 0 Å². The molecule has 0 aliphatic rings. The van der Waals surface area contributed by atoms with Gasteiger partial charge in [0.05, 0.1) is 6.61 Å². The van der Waals surface area contributed by atoms with E-state index in [1.54, 1.807) is 0 Å². The zero-order valence-electron chi connectivity index (χ0n) is 9.47. The summed E-state index contributed by atoms with van der Waals surface area (Å²) in [5.74, 6) is 0. The maximum Gasteiger partial charge on any atom is 0.0593 e. The van der Waals surface area contributed by atoms with Crippen molar-refractivity contribution in [3.63, 3.8) is 0 Å². The van der Waals surface area contributed by atoms with Crippen LogP contribution in [0.4, 0.5) is 0 Å². The van der Waals surface area contributed by atoms with Crippen molar-refractivity contribution in [2.24, 2.45) is 5.73 Å². The Hall–Kier alpha value is -0.120. The summed E-state index contributed by atoms with van der Waals surface area (Å²) in [6.45, 7) is 12.8. The van der Waals surface area contributed by atoms with E-state index in [9.17, 15) is 0 Å². The lowest BCUT2D eigenvalue weighted by Crippen LogP contribution is -2.50. The molecule has 3 heteroatoms. The molecule has 0 aliphatic heterocycles. The molecular weight excluding hydrogens is 164 g/mol.